The van der Waals surface area contributed by atoms with Gasteiger partial charge in [-0.1, -0.05) is 74.3 Å². The Balaban J connectivity index is 1.82. The van der Waals surface area contributed by atoms with Crippen molar-refractivity contribution < 1.29 is 14.3 Å². The summed E-state index contributed by atoms with van der Waals surface area (Å²) in [5, 5.41) is 4.99. The molecule has 0 aliphatic rings. The van der Waals surface area contributed by atoms with Crippen LogP contribution in [0.15, 0.2) is 69.6 Å². The molecule has 0 heterocycles. The summed E-state index contributed by atoms with van der Waals surface area (Å²) in [6.45, 7) is 0. The lowest BCUT2D eigenvalue weighted by Crippen LogP contribution is -2.43. The van der Waals surface area contributed by atoms with Gasteiger partial charge in [0.25, 0.3) is 5.91 Å². The highest BCUT2D eigenvalue weighted by atomic mass is 79.9. The number of benzene rings is 3. The fraction of sp³-hybridized carbons (Fsp3) is 0.143. The second kappa shape index (κ2) is 8.67. The fourth-order valence-electron chi connectivity index (χ4n) is 2.86. The van der Waals surface area contributed by atoms with E-state index in [2.05, 4.69) is 37.2 Å². The molecule has 4 nitrogen and oxygen atoms in total. The van der Waals surface area contributed by atoms with E-state index in [9.17, 15) is 9.59 Å². The predicted molar refractivity (Wildman–Crippen MR) is 113 cm³/mol. The van der Waals surface area contributed by atoms with Gasteiger partial charge in [0, 0.05) is 20.9 Å². The molecule has 0 bridgehead atoms. The molecule has 0 saturated heterocycles. The highest BCUT2D eigenvalue weighted by Crippen LogP contribution is 2.21. The van der Waals surface area contributed by atoms with E-state index in [4.69, 9.17) is 4.74 Å². The van der Waals surface area contributed by atoms with Crippen LogP contribution in [-0.2, 0) is 16.0 Å². The van der Waals surface area contributed by atoms with Crippen molar-refractivity contribution in [3.63, 3.8) is 0 Å². The number of esters is 1. The largest absolute Gasteiger partial charge is 0.467 e. The van der Waals surface area contributed by atoms with Gasteiger partial charge in [-0.2, -0.15) is 0 Å². The quantitative estimate of drug-likeness (QED) is 0.518. The third-order valence-electron chi connectivity index (χ3n) is 4.17. The van der Waals surface area contributed by atoms with Crippen molar-refractivity contribution in [1.29, 1.82) is 0 Å². The van der Waals surface area contributed by atoms with Crippen LogP contribution in [0.5, 0.6) is 0 Å². The number of carbonyl (C=O) groups is 2. The third kappa shape index (κ3) is 4.96. The molecule has 0 aromatic heterocycles. The van der Waals surface area contributed by atoms with Crippen LogP contribution in [0.3, 0.4) is 0 Å². The molecular formula is C21H17Br2NO3. The normalized spacial score (nSPS) is 11.8. The van der Waals surface area contributed by atoms with Crippen LogP contribution in [0.4, 0.5) is 0 Å². The highest BCUT2D eigenvalue weighted by molar-refractivity contribution is 9.11. The number of amides is 1. The van der Waals surface area contributed by atoms with E-state index in [0.29, 0.717) is 12.0 Å². The van der Waals surface area contributed by atoms with Crippen LogP contribution < -0.4 is 5.32 Å². The molecule has 3 aromatic carbocycles. The zero-order chi connectivity index (χ0) is 19.4. The van der Waals surface area contributed by atoms with Gasteiger partial charge >= 0.3 is 5.97 Å². The molecule has 0 spiro atoms. The number of hydrogen-bond donors (Lipinski definition) is 1. The van der Waals surface area contributed by atoms with Crippen molar-refractivity contribution in [2.45, 2.75) is 12.5 Å². The average Bonchev–Trinajstić information content (AvgIpc) is 2.66. The van der Waals surface area contributed by atoms with Crippen molar-refractivity contribution in [2.24, 2.45) is 0 Å². The van der Waals surface area contributed by atoms with Gasteiger partial charge in [-0.15, -0.1) is 0 Å². The minimum Gasteiger partial charge on any atom is -0.467 e. The lowest BCUT2D eigenvalue weighted by atomic mass is 10.0. The van der Waals surface area contributed by atoms with Crippen molar-refractivity contribution >= 4 is 54.5 Å². The first-order chi connectivity index (χ1) is 13.0. The van der Waals surface area contributed by atoms with Crippen molar-refractivity contribution in [3.05, 3.63) is 80.7 Å². The molecule has 1 N–H and O–H groups in total. The SMILES string of the molecule is COC(=O)[C@@H](Cc1ccc2ccccc2c1)NC(=O)c1cc(Br)cc(Br)c1. The molecule has 3 rings (SSSR count). The zero-order valence-electron chi connectivity index (χ0n) is 14.5. The van der Waals surface area contributed by atoms with Gasteiger partial charge in [0.15, 0.2) is 0 Å². The summed E-state index contributed by atoms with van der Waals surface area (Å²) in [6.07, 6.45) is 0.346. The number of fused-ring (bicyclic) bond motifs is 1. The minimum atomic E-state index is -0.776. The first-order valence-corrected chi connectivity index (χ1v) is 9.87. The molecule has 6 heteroatoms. The van der Waals surface area contributed by atoms with Crippen LogP contribution in [0.2, 0.25) is 0 Å². The lowest BCUT2D eigenvalue weighted by Gasteiger charge is -2.17. The van der Waals surface area contributed by atoms with Crippen molar-refractivity contribution in [1.82, 2.24) is 5.32 Å². The summed E-state index contributed by atoms with van der Waals surface area (Å²) < 4.78 is 6.42. The Morgan fingerprint density at radius 3 is 2.30 bits per heavy atom. The van der Waals surface area contributed by atoms with Crippen LogP contribution >= 0.6 is 31.9 Å². The van der Waals surface area contributed by atoms with Crippen LogP contribution in [0, 0.1) is 0 Å². The first-order valence-electron chi connectivity index (χ1n) is 8.29. The number of ether oxygens (including phenoxy) is 1. The highest BCUT2D eigenvalue weighted by Gasteiger charge is 2.23. The summed E-state index contributed by atoms with van der Waals surface area (Å²) in [5.41, 5.74) is 1.39. The fourth-order valence-corrected chi connectivity index (χ4v) is 4.16. The van der Waals surface area contributed by atoms with E-state index < -0.39 is 12.0 Å². The van der Waals surface area contributed by atoms with E-state index in [1.807, 2.05) is 48.5 Å². The maximum atomic E-state index is 12.6. The third-order valence-corrected chi connectivity index (χ3v) is 5.09. The maximum Gasteiger partial charge on any atom is 0.328 e. The second-order valence-corrected chi connectivity index (χ2v) is 7.92. The Morgan fingerprint density at radius 2 is 1.63 bits per heavy atom. The van der Waals surface area contributed by atoms with Gasteiger partial charge < -0.3 is 10.1 Å². The molecule has 0 unspecified atom stereocenters. The van der Waals surface area contributed by atoms with Gasteiger partial charge in [0.05, 0.1) is 7.11 Å². The smallest absolute Gasteiger partial charge is 0.328 e. The van der Waals surface area contributed by atoms with Crippen LogP contribution in [0.1, 0.15) is 15.9 Å². The predicted octanol–water partition coefficient (Wildman–Crippen LogP) is 4.88. The van der Waals surface area contributed by atoms with E-state index in [-0.39, 0.29) is 5.91 Å². The summed E-state index contributed by atoms with van der Waals surface area (Å²) in [6, 6.07) is 18.4. The lowest BCUT2D eigenvalue weighted by molar-refractivity contribution is -0.142. The Morgan fingerprint density at radius 1 is 0.963 bits per heavy atom. The molecule has 0 saturated carbocycles. The van der Waals surface area contributed by atoms with Gasteiger partial charge in [-0.25, -0.2) is 4.79 Å². The molecular weight excluding hydrogens is 474 g/mol. The average molecular weight is 491 g/mol. The zero-order valence-corrected chi connectivity index (χ0v) is 17.7. The van der Waals surface area contributed by atoms with E-state index >= 15 is 0 Å². The summed E-state index contributed by atoms with van der Waals surface area (Å²) in [4.78, 5) is 24.8. The van der Waals surface area contributed by atoms with Crippen LogP contribution in [-0.4, -0.2) is 25.0 Å². The Labute approximate surface area is 174 Å². The molecule has 1 atom stereocenters. The Bertz CT molecular complexity index is 983. The van der Waals surface area contributed by atoms with E-state index in [1.165, 1.54) is 7.11 Å². The summed E-state index contributed by atoms with van der Waals surface area (Å²) in [5.74, 6) is -0.821. The molecule has 0 aliphatic carbocycles. The van der Waals surface area contributed by atoms with E-state index in [1.54, 1.807) is 12.1 Å². The minimum absolute atomic E-state index is 0.340. The molecule has 138 valence electrons. The number of methoxy groups -OCH3 is 1. The number of halogens is 2. The van der Waals surface area contributed by atoms with Gasteiger partial charge in [0.2, 0.25) is 0 Å². The Kier molecular flexibility index (Phi) is 6.29. The van der Waals surface area contributed by atoms with Crippen molar-refractivity contribution in [3.8, 4) is 0 Å². The molecule has 0 radical (unpaired) electrons. The van der Waals surface area contributed by atoms with E-state index in [0.717, 1.165) is 25.3 Å². The number of hydrogen-bond acceptors (Lipinski definition) is 3. The van der Waals surface area contributed by atoms with Gasteiger partial charge in [-0.05, 0) is 34.5 Å². The Hall–Kier alpha value is -2.18. The molecule has 3 aromatic rings. The maximum absolute atomic E-state index is 12.6. The second-order valence-electron chi connectivity index (χ2n) is 6.09. The molecule has 1 amide bonds. The number of nitrogens with one attached hydrogen (secondary N) is 1. The molecule has 0 aliphatic heterocycles. The molecule has 27 heavy (non-hydrogen) atoms. The standard InChI is InChI=1S/C21H17Br2NO3/c1-27-21(26)19(24-20(25)16-10-17(22)12-18(23)11-16)9-13-6-7-14-4-2-3-5-15(14)8-13/h2-8,10-12,19H,9H2,1H3,(H,24,25)/t19-/m1/s1. The van der Waals surface area contributed by atoms with Crippen molar-refractivity contribution in [2.75, 3.05) is 7.11 Å². The summed E-state index contributed by atoms with van der Waals surface area (Å²) in [7, 11) is 1.32. The molecule has 0 fully saturated rings. The van der Waals surface area contributed by atoms with Gasteiger partial charge in [-0.3, -0.25) is 4.79 Å². The number of rotatable bonds is 5. The van der Waals surface area contributed by atoms with Crippen LogP contribution in [0.25, 0.3) is 10.8 Å². The van der Waals surface area contributed by atoms with Gasteiger partial charge in [0.1, 0.15) is 6.04 Å². The first kappa shape index (κ1) is 19.6. The number of carbonyl (C=O) groups excluding carboxylic acids is 2. The topological polar surface area (TPSA) is 55.4 Å². The summed E-state index contributed by atoms with van der Waals surface area (Å²) >= 11 is 6.73. The monoisotopic (exact) mass is 489 g/mol.